The van der Waals surface area contributed by atoms with Crippen LogP contribution in [-0.4, -0.2) is 62.3 Å². The molecular weight excluding hydrogens is 362 g/mol. The molecule has 4 aliphatic rings. The fourth-order valence-electron chi connectivity index (χ4n) is 6.09. The first-order chi connectivity index (χ1) is 14.2. The fourth-order valence-corrected chi connectivity index (χ4v) is 6.09. The summed E-state index contributed by atoms with van der Waals surface area (Å²) in [7, 11) is 0. The van der Waals surface area contributed by atoms with Gasteiger partial charge < -0.3 is 14.5 Å². The van der Waals surface area contributed by atoms with Crippen LogP contribution in [0.5, 0.6) is 0 Å². The number of amides is 1. The van der Waals surface area contributed by atoms with Gasteiger partial charge in [-0.25, -0.2) is 0 Å². The van der Waals surface area contributed by atoms with Crippen LogP contribution in [0.15, 0.2) is 24.3 Å². The minimum atomic E-state index is -0.161. The second kappa shape index (κ2) is 7.92. The van der Waals surface area contributed by atoms with Gasteiger partial charge in [0.2, 0.25) is 5.91 Å². The number of anilines is 2. The fraction of sp³-hybridized carbons (Fsp3) is 0.708. The van der Waals surface area contributed by atoms with E-state index in [2.05, 4.69) is 41.0 Å². The summed E-state index contributed by atoms with van der Waals surface area (Å²) in [6, 6.07) is 10.3. The Morgan fingerprint density at radius 2 is 1.59 bits per heavy atom. The van der Waals surface area contributed by atoms with E-state index in [1.54, 1.807) is 0 Å². The van der Waals surface area contributed by atoms with Crippen LogP contribution < -0.4 is 9.80 Å². The monoisotopic (exact) mass is 397 g/mol. The van der Waals surface area contributed by atoms with Gasteiger partial charge in [-0.05, 0) is 82.7 Å². The molecule has 1 aromatic carbocycles. The molecule has 0 N–H and O–H groups in total. The van der Waals surface area contributed by atoms with Crippen LogP contribution in [0.3, 0.4) is 0 Å². The molecular formula is C24H35N3O2. The molecule has 0 radical (unpaired) electrons. The van der Waals surface area contributed by atoms with Gasteiger partial charge in [-0.1, -0.05) is 0 Å². The first-order valence-corrected chi connectivity index (χ1v) is 11.7. The van der Waals surface area contributed by atoms with Crippen molar-refractivity contribution in [1.82, 2.24) is 4.90 Å². The van der Waals surface area contributed by atoms with Gasteiger partial charge in [-0.2, -0.15) is 0 Å². The Labute approximate surface area is 175 Å². The lowest BCUT2D eigenvalue weighted by molar-refractivity contribution is -0.130. The number of hydrogen-bond acceptors (Lipinski definition) is 4. The van der Waals surface area contributed by atoms with E-state index in [-0.39, 0.29) is 5.41 Å². The Hall–Kier alpha value is -1.59. The molecule has 0 unspecified atom stereocenters. The first kappa shape index (κ1) is 19.4. The van der Waals surface area contributed by atoms with Crippen LogP contribution in [0.4, 0.5) is 11.4 Å². The molecule has 1 aromatic rings. The van der Waals surface area contributed by atoms with Crippen molar-refractivity contribution < 1.29 is 9.53 Å². The Bertz CT molecular complexity index is 720. The van der Waals surface area contributed by atoms with Gasteiger partial charge in [-0.3, -0.25) is 9.69 Å². The number of carbonyl (C=O) groups excluding carboxylic acids is 1. The summed E-state index contributed by atoms with van der Waals surface area (Å²) in [5, 5.41) is 0. The Kier molecular flexibility index (Phi) is 5.29. The molecule has 158 valence electrons. The third-order valence-corrected chi connectivity index (χ3v) is 8.03. The van der Waals surface area contributed by atoms with E-state index in [4.69, 9.17) is 4.74 Å². The zero-order chi connectivity index (χ0) is 19.8. The molecule has 0 bridgehead atoms. The lowest BCUT2D eigenvalue weighted by Crippen LogP contribution is -2.46. The van der Waals surface area contributed by atoms with Gasteiger partial charge in [0.15, 0.2) is 0 Å². The summed E-state index contributed by atoms with van der Waals surface area (Å²) in [4.78, 5) is 20.4. The third kappa shape index (κ3) is 3.57. The summed E-state index contributed by atoms with van der Waals surface area (Å²) in [5.41, 5.74) is 2.20. The quantitative estimate of drug-likeness (QED) is 0.780. The van der Waals surface area contributed by atoms with Gasteiger partial charge in [0.05, 0.1) is 5.41 Å². The topological polar surface area (TPSA) is 36.0 Å². The number of rotatable bonds is 3. The number of ether oxygens (including phenoxy) is 1. The van der Waals surface area contributed by atoms with Crippen LogP contribution in [0, 0.1) is 5.41 Å². The summed E-state index contributed by atoms with van der Waals surface area (Å²) >= 11 is 0. The molecule has 1 atom stereocenters. The van der Waals surface area contributed by atoms with Crippen molar-refractivity contribution in [1.29, 1.82) is 0 Å². The normalized spacial score (nSPS) is 28.6. The minimum absolute atomic E-state index is 0.161. The molecule has 1 amide bonds. The largest absolute Gasteiger partial charge is 0.381 e. The molecule has 0 aromatic heterocycles. The molecule has 5 nitrogen and oxygen atoms in total. The van der Waals surface area contributed by atoms with Gasteiger partial charge >= 0.3 is 0 Å². The van der Waals surface area contributed by atoms with Gasteiger partial charge in [0, 0.05) is 56.3 Å². The van der Waals surface area contributed by atoms with E-state index < -0.39 is 0 Å². The van der Waals surface area contributed by atoms with Crippen molar-refractivity contribution in [3.63, 3.8) is 0 Å². The summed E-state index contributed by atoms with van der Waals surface area (Å²) < 4.78 is 5.49. The zero-order valence-corrected chi connectivity index (χ0v) is 17.8. The highest BCUT2D eigenvalue weighted by molar-refractivity contribution is 6.00. The second-order valence-electron chi connectivity index (χ2n) is 9.56. The number of benzene rings is 1. The predicted molar refractivity (Wildman–Crippen MR) is 117 cm³/mol. The highest BCUT2D eigenvalue weighted by Gasteiger charge is 2.47. The van der Waals surface area contributed by atoms with E-state index in [1.807, 2.05) is 4.90 Å². The third-order valence-electron chi connectivity index (χ3n) is 8.03. The maximum atomic E-state index is 13.1. The molecule has 5 heteroatoms. The maximum Gasteiger partial charge on any atom is 0.233 e. The summed E-state index contributed by atoms with van der Waals surface area (Å²) in [5.74, 6) is 0.314. The number of piperidine rings is 1. The Morgan fingerprint density at radius 3 is 2.24 bits per heavy atom. The Balaban J connectivity index is 1.21. The average molecular weight is 398 g/mol. The van der Waals surface area contributed by atoms with Crippen molar-refractivity contribution in [2.45, 2.75) is 64.0 Å². The van der Waals surface area contributed by atoms with Crippen LogP contribution in [0.2, 0.25) is 0 Å². The molecule has 4 fully saturated rings. The molecule has 0 saturated carbocycles. The smallest absolute Gasteiger partial charge is 0.233 e. The van der Waals surface area contributed by atoms with Crippen molar-refractivity contribution in [2.75, 3.05) is 49.2 Å². The van der Waals surface area contributed by atoms with Crippen molar-refractivity contribution in [3.05, 3.63) is 24.3 Å². The SMILES string of the molecule is C[C@H]1CCCN1C1CCN(c2ccc(N3CCC4(CCOCC4)C3=O)cc2)CC1. The summed E-state index contributed by atoms with van der Waals surface area (Å²) in [6.07, 6.45) is 8.00. The van der Waals surface area contributed by atoms with Gasteiger partial charge in [-0.15, -0.1) is 0 Å². The lowest BCUT2D eigenvalue weighted by atomic mass is 9.79. The summed E-state index contributed by atoms with van der Waals surface area (Å²) in [6.45, 7) is 8.26. The van der Waals surface area contributed by atoms with Crippen molar-refractivity contribution in [3.8, 4) is 0 Å². The Morgan fingerprint density at radius 1 is 0.897 bits per heavy atom. The molecule has 5 rings (SSSR count). The average Bonchev–Trinajstić information content (AvgIpc) is 3.33. The van der Waals surface area contributed by atoms with Crippen molar-refractivity contribution in [2.24, 2.45) is 5.41 Å². The molecule has 0 aliphatic carbocycles. The highest BCUT2D eigenvalue weighted by atomic mass is 16.5. The van der Waals surface area contributed by atoms with Crippen LogP contribution >= 0.6 is 0 Å². The number of nitrogens with zero attached hydrogens (tertiary/aromatic N) is 3. The number of likely N-dealkylation sites (tertiary alicyclic amines) is 1. The van der Waals surface area contributed by atoms with E-state index in [0.29, 0.717) is 5.91 Å². The first-order valence-electron chi connectivity index (χ1n) is 11.7. The molecule has 1 spiro atoms. The zero-order valence-electron chi connectivity index (χ0n) is 17.8. The standard InChI is InChI=1S/C24H35N3O2/c1-19-3-2-13-26(19)22-8-14-25(15-9-22)20-4-6-21(7-5-20)27-16-10-24(23(27)28)11-17-29-18-12-24/h4-7,19,22H,2-3,8-18H2,1H3/t19-/m0/s1. The van der Waals surface area contributed by atoms with Crippen molar-refractivity contribution >= 4 is 17.3 Å². The maximum absolute atomic E-state index is 13.1. The molecule has 4 aliphatic heterocycles. The van der Waals surface area contributed by atoms with E-state index in [9.17, 15) is 4.79 Å². The molecule has 4 heterocycles. The predicted octanol–water partition coefficient (Wildman–Crippen LogP) is 3.67. The molecule has 4 saturated heterocycles. The van der Waals surface area contributed by atoms with E-state index in [1.165, 1.54) is 37.9 Å². The van der Waals surface area contributed by atoms with Crippen LogP contribution in [-0.2, 0) is 9.53 Å². The van der Waals surface area contributed by atoms with E-state index in [0.717, 1.165) is 69.9 Å². The highest BCUT2D eigenvalue weighted by Crippen LogP contribution is 2.42. The minimum Gasteiger partial charge on any atom is -0.381 e. The van der Waals surface area contributed by atoms with Gasteiger partial charge in [0.25, 0.3) is 0 Å². The second-order valence-corrected chi connectivity index (χ2v) is 9.56. The van der Waals surface area contributed by atoms with Crippen LogP contribution in [0.1, 0.15) is 51.9 Å². The van der Waals surface area contributed by atoms with Gasteiger partial charge in [0.1, 0.15) is 0 Å². The van der Waals surface area contributed by atoms with E-state index >= 15 is 0 Å². The number of carbonyl (C=O) groups is 1. The molecule has 29 heavy (non-hydrogen) atoms. The lowest BCUT2D eigenvalue weighted by Gasteiger charge is -2.39. The number of hydrogen-bond donors (Lipinski definition) is 0. The van der Waals surface area contributed by atoms with Crippen LogP contribution in [0.25, 0.3) is 0 Å².